The fourth-order valence-electron chi connectivity index (χ4n) is 1.28. The van der Waals surface area contributed by atoms with Crippen LogP contribution in [0, 0.1) is 3.57 Å². The van der Waals surface area contributed by atoms with Crippen LogP contribution in [0.5, 0.6) is 0 Å². The van der Waals surface area contributed by atoms with Crippen molar-refractivity contribution in [3.63, 3.8) is 0 Å². The molecule has 6 heteroatoms. The van der Waals surface area contributed by atoms with E-state index in [0.29, 0.717) is 6.61 Å². The summed E-state index contributed by atoms with van der Waals surface area (Å²) in [5, 5.41) is 2.61. The van der Waals surface area contributed by atoms with Crippen LogP contribution in [0.25, 0.3) is 0 Å². The van der Waals surface area contributed by atoms with E-state index in [2.05, 4.69) is 32.9 Å². The molecule has 0 amide bonds. The van der Waals surface area contributed by atoms with Gasteiger partial charge in [0.25, 0.3) is 0 Å². The maximum absolute atomic E-state index is 12.8. The number of halogens is 2. The van der Waals surface area contributed by atoms with E-state index in [1.807, 2.05) is 24.3 Å². The number of nitrogens with zero attached hydrogens (tertiary/aromatic N) is 1. The SMILES string of the molecule is NC1=C(F)C=N[C@@H](OCc2ccc(I)cc2)N1. The number of benzene rings is 1. The summed E-state index contributed by atoms with van der Waals surface area (Å²) in [4.78, 5) is 3.82. The van der Waals surface area contributed by atoms with E-state index in [1.54, 1.807) is 0 Å². The summed E-state index contributed by atoms with van der Waals surface area (Å²) < 4.78 is 19.4. The Hall–Kier alpha value is -1.15. The first kappa shape index (κ1) is 12.3. The molecule has 1 atom stereocenters. The topological polar surface area (TPSA) is 59.6 Å². The minimum absolute atomic E-state index is 0.0485. The molecule has 0 radical (unpaired) electrons. The highest BCUT2D eigenvalue weighted by molar-refractivity contribution is 14.1. The second kappa shape index (κ2) is 5.46. The summed E-state index contributed by atoms with van der Waals surface area (Å²) in [6, 6.07) is 7.91. The average molecular weight is 347 g/mol. The Morgan fingerprint density at radius 2 is 2.12 bits per heavy atom. The van der Waals surface area contributed by atoms with E-state index < -0.39 is 12.2 Å². The van der Waals surface area contributed by atoms with Gasteiger partial charge in [-0.1, -0.05) is 12.1 Å². The normalized spacial score (nSPS) is 19.3. The van der Waals surface area contributed by atoms with Gasteiger partial charge >= 0.3 is 0 Å². The number of ether oxygens (including phenoxy) is 1. The van der Waals surface area contributed by atoms with Gasteiger partial charge in [-0.2, -0.15) is 0 Å². The Labute approximate surface area is 112 Å². The van der Waals surface area contributed by atoms with Crippen molar-refractivity contribution in [3.05, 3.63) is 45.0 Å². The molecule has 0 saturated heterocycles. The van der Waals surface area contributed by atoms with Crippen LogP contribution in [0.2, 0.25) is 0 Å². The molecule has 3 N–H and O–H groups in total. The smallest absolute Gasteiger partial charge is 0.227 e. The molecule has 17 heavy (non-hydrogen) atoms. The van der Waals surface area contributed by atoms with Gasteiger partial charge in [-0.05, 0) is 40.3 Å². The number of aliphatic imine (C=N–C) groups is 1. The lowest BCUT2D eigenvalue weighted by atomic mass is 10.2. The molecule has 1 aliphatic heterocycles. The number of nitrogens with one attached hydrogen (secondary N) is 1. The maximum atomic E-state index is 12.8. The summed E-state index contributed by atoms with van der Waals surface area (Å²) in [6.07, 6.45) is 0.429. The van der Waals surface area contributed by atoms with Crippen molar-refractivity contribution in [3.8, 4) is 0 Å². The lowest BCUT2D eigenvalue weighted by molar-refractivity contribution is 0.0289. The van der Waals surface area contributed by atoms with Crippen molar-refractivity contribution >= 4 is 28.8 Å². The van der Waals surface area contributed by atoms with E-state index in [4.69, 9.17) is 10.5 Å². The molecule has 1 heterocycles. The van der Waals surface area contributed by atoms with Gasteiger partial charge in [0, 0.05) is 3.57 Å². The molecule has 90 valence electrons. The zero-order valence-electron chi connectivity index (χ0n) is 8.86. The zero-order valence-corrected chi connectivity index (χ0v) is 11.0. The molecular formula is C11H11FIN3O. The van der Waals surface area contributed by atoms with Gasteiger partial charge in [-0.25, -0.2) is 9.38 Å². The Kier molecular flexibility index (Phi) is 3.95. The van der Waals surface area contributed by atoms with E-state index in [9.17, 15) is 4.39 Å². The van der Waals surface area contributed by atoms with Crippen LogP contribution in [0.15, 0.2) is 40.9 Å². The van der Waals surface area contributed by atoms with Gasteiger partial charge in [0.05, 0.1) is 12.8 Å². The summed E-state index contributed by atoms with van der Waals surface area (Å²) in [6.45, 7) is 0.390. The Morgan fingerprint density at radius 3 is 2.76 bits per heavy atom. The van der Waals surface area contributed by atoms with Gasteiger partial charge in [-0.15, -0.1) is 0 Å². The van der Waals surface area contributed by atoms with Crippen molar-refractivity contribution in [2.75, 3.05) is 0 Å². The third kappa shape index (κ3) is 3.40. The predicted octanol–water partition coefficient (Wildman–Crippen LogP) is 1.86. The summed E-state index contributed by atoms with van der Waals surface area (Å²) >= 11 is 2.23. The molecule has 0 fully saturated rings. The molecule has 1 aromatic rings. The minimum atomic E-state index is -0.631. The highest BCUT2D eigenvalue weighted by Crippen LogP contribution is 2.10. The predicted molar refractivity (Wildman–Crippen MR) is 71.7 cm³/mol. The van der Waals surface area contributed by atoms with Crippen molar-refractivity contribution in [1.29, 1.82) is 0 Å². The molecule has 0 unspecified atom stereocenters. The first-order valence-corrected chi connectivity index (χ1v) is 6.04. The van der Waals surface area contributed by atoms with Crippen molar-refractivity contribution in [1.82, 2.24) is 5.32 Å². The highest BCUT2D eigenvalue weighted by atomic mass is 127. The first-order valence-electron chi connectivity index (χ1n) is 4.96. The number of rotatable bonds is 3. The molecule has 0 bridgehead atoms. The Morgan fingerprint density at radius 1 is 1.41 bits per heavy atom. The molecule has 1 aromatic carbocycles. The first-order chi connectivity index (χ1) is 8.15. The minimum Gasteiger partial charge on any atom is -0.383 e. The molecule has 2 rings (SSSR count). The Bertz CT molecular complexity index is 458. The molecule has 0 spiro atoms. The van der Waals surface area contributed by atoms with Crippen LogP contribution >= 0.6 is 22.6 Å². The van der Waals surface area contributed by atoms with Crippen molar-refractivity contribution in [2.45, 2.75) is 13.0 Å². The molecule has 0 aromatic heterocycles. The monoisotopic (exact) mass is 347 g/mol. The maximum Gasteiger partial charge on any atom is 0.227 e. The van der Waals surface area contributed by atoms with Crippen LogP contribution in [0.1, 0.15) is 5.56 Å². The van der Waals surface area contributed by atoms with Gasteiger partial charge in [0.2, 0.25) is 6.35 Å². The van der Waals surface area contributed by atoms with E-state index >= 15 is 0 Å². The van der Waals surface area contributed by atoms with Crippen LogP contribution in [-0.2, 0) is 11.3 Å². The van der Waals surface area contributed by atoms with Crippen molar-refractivity contribution < 1.29 is 9.13 Å². The third-order valence-electron chi connectivity index (χ3n) is 2.18. The fourth-order valence-corrected chi connectivity index (χ4v) is 1.64. The zero-order chi connectivity index (χ0) is 12.3. The molecular weight excluding hydrogens is 336 g/mol. The lowest BCUT2D eigenvalue weighted by Crippen LogP contribution is -2.36. The highest BCUT2D eigenvalue weighted by Gasteiger charge is 2.14. The van der Waals surface area contributed by atoms with E-state index in [0.717, 1.165) is 15.3 Å². The third-order valence-corrected chi connectivity index (χ3v) is 2.90. The van der Waals surface area contributed by atoms with Gasteiger partial charge < -0.3 is 15.8 Å². The molecule has 4 nitrogen and oxygen atoms in total. The van der Waals surface area contributed by atoms with E-state index in [-0.39, 0.29) is 5.82 Å². The van der Waals surface area contributed by atoms with Gasteiger partial charge in [0.15, 0.2) is 5.83 Å². The van der Waals surface area contributed by atoms with Gasteiger partial charge in [0.1, 0.15) is 5.82 Å². The fraction of sp³-hybridized carbons (Fsp3) is 0.182. The van der Waals surface area contributed by atoms with Crippen LogP contribution in [-0.4, -0.2) is 12.6 Å². The number of hydrogen-bond donors (Lipinski definition) is 2. The number of hydrogen-bond acceptors (Lipinski definition) is 4. The number of allylic oxidation sites excluding steroid dienone is 1. The molecule has 0 saturated carbocycles. The van der Waals surface area contributed by atoms with E-state index in [1.165, 1.54) is 0 Å². The van der Waals surface area contributed by atoms with Gasteiger partial charge in [-0.3, -0.25) is 0 Å². The number of nitrogens with two attached hydrogens (primary N) is 1. The second-order valence-electron chi connectivity index (χ2n) is 3.47. The lowest BCUT2D eigenvalue weighted by Gasteiger charge is -2.19. The quantitative estimate of drug-likeness (QED) is 0.821. The Balaban J connectivity index is 1.88. The second-order valence-corrected chi connectivity index (χ2v) is 4.72. The van der Waals surface area contributed by atoms with Crippen LogP contribution in [0.3, 0.4) is 0 Å². The van der Waals surface area contributed by atoms with Crippen LogP contribution < -0.4 is 11.1 Å². The average Bonchev–Trinajstić information content (AvgIpc) is 2.33. The van der Waals surface area contributed by atoms with Crippen molar-refractivity contribution in [2.24, 2.45) is 10.7 Å². The summed E-state index contributed by atoms with van der Waals surface area (Å²) in [5.74, 6) is -0.619. The largest absolute Gasteiger partial charge is 0.383 e. The molecule has 1 aliphatic rings. The summed E-state index contributed by atoms with van der Waals surface area (Å²) in [5.41, 5.74) is 6.40. The summed E-state index contributed by atoms with van der Waals surface area (Å²) in [7, 11) is 0. The standard InChI is InChI=1S/C11H11FIN3O/c12-9-5-15-11(16-10(9)14)17-6-7-1-3-8(13)4-2-7/h1-5,11,16H,6,14H2/t11-/m1/s1. The van der Waals surface area contributed by atoms with Crippen LogP contribution in [0.4, 0.5) is 4.39 Å². The molecule has 0 aliphatic carbocycles.